The fourth-order valence-electron chi connectivity index (χ4n) is 3.68. The quantitative estimate of drug-likeness (QED) is 0.341. The van der Waals surface area contributed by atoms with Crippen molar-refractivity contribution in [3.05, 3.63) is 54.7 Å². The van der Waals surface area contributed by atoms with Gasteiger partial charge in [0.2, 0.25) is 5.89 Å². The number of rotatable bonds is 9. The van der Waals surface area contributed by atoms with Crippen LogP contribution < -0.4 is 5.32 Å². The molecule has 0 aliphatic heterocycles. The summed E-state index contributed by atoms with van der Waals surface area (Å²) in [6, 6.07) is 16.2. The lowest BCUT2D eigenvalue weighted by Gasteiger charge is -2.19. The molecule has 0 bridgehead atoms. The van der Waals surface area contributed by atoms with Crippen LogP contribution in [0.1, 0.15) is 46.0 Å². The molecule has 0 saturated carbocycles. The van der Waals surface area contributed by atoms with Crippen LogP contribution in [0.4, 0.5) is 5.82 Å². The molecule has 0 aliphatic rings. The number of hydrogen-bond acceptors (Lipinski definition) is 6. The lowest BCUT2D eigenvalue weighted by Crippen LogP contribution is -2.20. The van der Waals surface area contributed by atoms with Crippen molar-refractivity contribution in [2.75, 3.05) is 5.32 Å². The fraction of sp³-hybridized carbons (Fsp3) is 0.333. The van der Waals surface area contributed by atoms with Gasteiger partial charge in [0.1, 0.15) is 5.52 Å². The summed E-state index contributed by atoms with van der Waals surface area (Å²) in [6.07, 6.45) is 7.56. The van der Waals surface area contributed by atoms with E-state index in [4.69, 9.17) is 4.42 Å². The van der Waals surface area contributed by atoms with E-state index in [1.165, 1.54) is 19.3 Å². The zero-order chi connectivity index (χ0) is 20.8. The maximum Gasteiger partial charge on any atom is 0.227 e. The number of para-hydroxylation sites is 2. The van der Waals surface area contributed by atoms with Gasteiger partial charge in [-0.2, -0.15) is 0 Å². The third-order valence-corrected chi connectivity index (χ3v) is 5.37. The van der Waals surface area contributed by atoms with Crippen molar-refractivity contribution in [3.8, 4) is 22.6 Å². The molecule has 2 heterocycles. The van der Waals surface area contributed by atoms with Gasteiger partial charge in [0.25, 0.3) is 0 Å². The highest BCUT2D eigenvalue weighted by Gasteiger charge is 2.18. The van der Waals surface area contributed by atoms with Gasteiger partial charge in [-0.1, -0.05) is 63.4 Å². The Balaban J connectivity index is 1.70. The molecular weight excluding hydrogens is 374 g/mol. The molecule has 6 heteroatoms. The number of aromatic nitrogens is 4. The second-order valence-electron chi connectivity index (χ2n) is 7.47. The maximum absolute atomic E-state index is 6.04. The summed E-state index contributed by atoms with van der Waals surface area (Å²) < 4.78 is 6.04. The van der Waals surface area contributed by atoms with Gasteiger partial charge in [-0.3, -0.25) is 0 Å². The van der Waals surface area contributed by atoms with Crippen molar-refractivity contribution in [2.45, 2.75) is 52.0 Å². The lowest BCUT2D eigenvalue weighted by atomic mass is 10.0. The topological polar surface area (TPSA) is 76.7 Å². The van der Waals surface area contributed by atoms with Crippen LogP contribution >= 0.6 is 0 Å². The van der Waals surface area contributed by atoms with E-state index in [-0.39, 0.29) is 0 Å². The van der Waals surface area contributed by atoms with E-state index in [0.717, 1.165) is 46.4 Å². The van der Waals surface area contributed by atoms with E-state index in [1.807, 2.05) is 48.5 Å². The van der Waals surface area contributed by atoms with E-state index in [9.17, 15) is 0 Å². The van der Waals surface area contributed by atoms with Crippen molar-refractivity contribution in [2.24, 2.45) is 0 Å². The summed E-state index contributed by atoms with van der Waals surface area (Å²) in [4.78, 5) is 4.68. The molecule has 0 radical (unpaired) electrons. The van der Waals surface area contributed by atoms with Crippen molar-refractivity contribution in [1.82, 2.24) is 20.4 Å². The third-order valence-electron chi connectivity index (χ3n) is 5.37. The van der Waals surface area contributed by atoms with E-state index >= 15 is 0 Å². The minimum absolute atomic E-state index is 0.350. The molecule has 30 heavy (non-hydrogen) atoms. The molecule has 0 fully saturated rings. The number of fused-ring (bicyclic) bond motifs is 1. The first-order valence-corrected chi connectivity index (χ1v) is 10.7. The minimum Gasteiger partial charge on any atom is -0.436 e. The summed E-state index contributed by atoms with van der Waals surface area (Å²) in [5.41, 5.74) is 4.39. The first kappa shape index (κ1) is 20.0. The molecule has 1 N–H and O–H groups in total. The molecule has 154 valence electrons. The number of nitrogens with one attached hydrogen (secondary N) is 1. The number of nitrogens with zero attached hydrogens (tertiary/aromatic N) is 4. The molecule has 0 amide bonds. The summed E-state index contributed by atoms with van der Waals surface area (Å²) in [7, 11) is 0. The molecule has 2 aromatic carbocycles. The number of hydrogen-bond donors (Lipinski definition) is 1. The molecule has 4 rings (SSSR count). The van der Waals surface area contributed by atoms with Crippen molar-refractivity contribution in [3.63, 3.8) is 0 Å². The Morgan fingerprint density at radius 2 is 1.73 bits per heavy atom. The van der Waals surface area contributed by atoms with Crippen molar-refractivity contribution in [1.29, 1.82) is 0 Å². The highest BCUT2D eigenvalue weighted by atomic mass is 16.3. The molecule has 0 spiro atoms. The van der Waals surface area contributed by atoms with Crippen LogP contribution in [0.15, 0.2) is 59.1 Å². The monoisotopic (exact) mass is 401 g/mol. The Morgan fingerprint density at radius 3 is 2.53 bits per heavy atom. The Labute approximate surface area is 176 Å². The van der Waals surface area contributed by atoms with Gasteiger partial charge < -0.3 is 9.73 Å². The zero-order valence-corrected chi connectivity index (χ0v) is 17.5. The summed E-state index contributed by atoms with van der Waals surface area (Å²) in [5.74, 6) is 1.33. The maximum atomic E-state index is 6.04. The molecule has 4 aromatic rings. The highest BCUT2D eigenvalue weighted by Crippen LogP contribution is 2.35. The number of oxazole rings is 1. The van der Waals surface area contributed by atoms with Crippen LogP contribution in [0.25, 0.3) is 33.7 Å². The molecule has 6 nitrogen and oxygen atoms in total. The van der Waals surface area contributed by atoms with Gasteiger partial charge >= 0.3 is 0 Å². The molecule has 0 aliphatic carbocycles. The first-order chi connectivity index (χ1) is 14.8. The van der Waals surface area contributed by atoms with Crippen LogP contribution in [0, 0.1) is 0 Å². The van der Waals surface area contributed by atoms with Crippen LogP contribution in [0.2, 0.25) is 0 Å². The smallest absolute Gasteiger partial charge is 0.227 e. The van der Waals surface area contributed by atoms with Crippen molar-refractivity contribution >= 4 is 16.9 Å². The van der Waals surface area contributed by atoms with Crippen LogP contribution in [-0.2, 0) is 0 Å². The predicted octanol–water partition coefficient (Wildman–Crippen LogP) is 6.12. The van der Waals surface area contributed by atoms with Crippen LogP contribution in [0.5, 0.6) is 0 Å². The van der Waals surface area contributed by atoms with E-state index in [2.05, 4.69) is 39.6 Å². The average Bonchev–Trinajstić information content (AvgIpc) is 3.23. The fourth-order valence-corrected chi connectivity index (χ4v) is 3.68. The lowest BCUT2D eigenvalue weighted by molar-refractivity contribution is 0.571. The zero-order valence-electron chi connectivity index (χ0n) is 17.5. The van der Waals surface area contributed by atoms with Crippen LogP contribution in [0.3, 0.4) is 0 Å². The Morgan fingerprint density at radius 1 is 0.933 bits per heavy atom. The van der Waals surface area contributed by atoms with Gasteiger partial charge in [-0.05, 0) is 41.8 Å². The van der Waals surface area contributed by atoms with E-state index in [0.29, 0.717) is 11.9 Å². The second-order valence-corrected chi connectivity index (χ2v) is 7.47. The van der Waals surface area contributed by atoms with Gasteiger partial charge in [0.05, 0.1) is 6.20 Å². The third kappa shape index (κ3) is 4.32. The Bertz CT molecular complexity index is 1070. The normalized spacial score (nSPS) is 12.2. The molecular formula is C24H27N5O. The standard InChI is InChI=1S/C24H27N5O/c1-3-5-6-11-17(4-2)26-23-20(16-25-29-28-23)18-12-7-8-13-19(18)24-27-21-14-9-10-15-22(21)30-24/h7-10,12-17H,3-6,11H2,1-2H3,(H,25,26,28). The van der Waals surface area contributed by atoms with Gasteiger partial charge in [-0.15, -0.1) is 10.2 Å². The van der Waals surface area contributed by atoms with E-state index in [1.54, 1.807) is 6.20 Å². The highest BCUT2D eigenvalue weighted by molar-refractivity contribution is 5.87. The van der Waals surface area contributed by atoms with Gasteiger partial charge in [0.15, 0.2) is 11.4 Å². The molecule has 1 unspecified atom stereocenters. The SMILES string of the molecule is CCCCCC(CC)Nc1nnncc1-c1ccccc1-c1nc2ccccc2o1. The van der Waals surface area contributed by atoms with Crippen LogP contribution in [-0.4, -0.2) is 26.4 Å². The average molecular weight is 402 g/mol. The molecule has 2 aromatic heterocycles. The number of unbranched alkanes of at least 4 members (excludes halogenated alkanes) is 2. The minimum atomic E-state index is 0.350. The largest absolute Gasteiger partial charge is 0.436 e. The Hall–Kier alpha value is -3.28. The van der Waals surface area contributed by atoms with Crippen molar-refractivity contribution < 1.29 is 4.42 Å². The number of anilines is 1. The number of benzene rings is 2. The Kier molecular flexibility index (Phi) is 6.32. The summed E-state index contributed by atoms with van der Waals surface area (Å²) >= 11 is 0. The van der Waals surface area contributed by atoms with Gasteiger partial charge in [0, 0.05) is 17.2 Å². The second kappa shape index (κ2) is 9.48. The summed E-state index contributed by atoms with van der Waals surface area (Å²) in [6.45, 7) is 4.42. The van der Waals surface area contributed by atoms with E-state index < -0.39 is 0 Å². The molecule has 1 atom stereocenters. The van der Waals surface area contributed by atoms with Gasteiger partial charge in [-0.25, -0.2) is 4.98 Å². The molecule has 0 saturated heterocycles. The predicted molar refractivity (Wildman–Crippen MR) is 120 cm³/mol. The first-order valence-electron chi connectivity index (χ1n) is 10.7. The summed E-state index contributed by atoms with van der Waals surface area (Å²) in [5, 5.41) is 15.9.